The Balaban J connectivity index is 0. The smallest absolute Gasteiger partial charge is 0.258 e. The fourth-order valence-electron chi connectivity index (χ4n) is 0.768. The average molecular weight is 197 g/mol. The average Bonchev–Trinajstić information content (AvgIpc) is 2.24. The lowest BCUT2D eigenvalue weighted by Crippen LogP contribution is -1.89. The van der Waals surface area contributed by atoms with Crippen molar-refractivity contribution in [2.75, 3.05) is 0 Å². The van der Waals surface area contributed by atoms with E-state index in [9.17, 15) is 10.1 Å². The van der Waals surface area contributed by atoms with Gasteiger partial charge in [0, 0.05) is 11.6 Å². The lowest BCUT2D eigenvalue weighted by molar-refractivity contribution is -0.385. The molecular weight excluding hydrogens is 178 g/mol. The summed E-state index contributed by atoms with van der Waals surface area (Å²) < 4.78 is 0. The molecule has 3 heteroatoms. The van der Waals surface area contributed by atoms with E-state index < -0.39 is 0 Å². The second-order valence-electron chi connectivity index (χ2n) is 2.04. The zero-order valence-corrected chi connectivity index (χ0v) is 9.57. The number of nitrogens with zero attached hydrogens (tertiary/aromatic N) is 1. The van der Waals surface area contributed by atoms with Crippen molar-refractivity contribution in [2.45, 2.75) is 34.6 Å². The van der Waals surface area contributed by atoms with Gasteiger partial charge in [-0.1, -0.05) is 45.9 Å². The zero-order valence-electron chi connectivity index (χ0n) is 9.57. The van der Waals surface area contributed by atoms with Crippen molar-refractivity contribution < 1.29 is 4.92 Å². The first-order valence-corrected chi connectivity index (χ1v) is 4.92. The summed E-state index contributed by atoms with van der Waals surface area (Å²) in [4.78, 5) is 9.85. The van der Waals surface area contributed by atoms with Gasteiger partial charge in [-0.3, -0.25) is 10.1 Å². The van der Waals surface area contributed by atoms with Crippen LogP contribution >= 0.6 is 0 Å². The molecule has 14 heavy (non-hydrogen) atoms. The Morgan fingerprint density at radius 1 is 1.07 bits per heavy atom. The van der Waals surface area contributed by atoms with Gasteiger partial charge in [0.1, 0.15) is 0 Å². The largest absolute Gasteiger partial charge is 0.272 e. The summed E-state index contributed by atoms with van der Waals surface area (Å²) in [6.45, 7) is 9.72. The molecule has 0 saturated carbocycles. The topological polar surface area (TPSA) is 43.1 Å². The van der Waals surface area contributed by atoms with E-state index in [-0.39, 0.29) is 10.6 Å². The van der Waals surface area contributed by atoms with E-state index in [2.05, 4.69) is 0 Å². The highest BCUT2D eigenvalue weighted by Crippen LogP contribution is 2.14. The molecule has 80 valence electrons. The minimum Gasteiger partial charge on any atom is -0.258 e. The molecule has 0 spiro atoms. The minimum absolute atomic E-state index is 0.183. The molecule has 0 aliphatic rings. The van der Waals surface area contributed by atoms with Gasteiger partial charge in [0.2, 0.25) is 0 Å². The van der Waals surface area contributed by atoms with Gasteiger partial charge in [0.15, 0.2) is 0 Å². The van der Waals surface area contributed by atoms with Crippen LogP contribution in [0.3, 0.4) is 0 Å². The Morgan fingerprint density at radius 2 is 1.50 bits per heavy atom. The Morgan fingerprint density at radius 3 is 1.79 bits per heavy atom. The molecule has 3 nitrogen and oxygen atoms in total. The highest BCUT2D eigenvalue weighted by atomic mass is 16.6. The van der Waals surface area contributed by atoms with Gasteiger partial charge < -0.3 is 0 Å². The molecule has 1 aromatic carbocycles. The lowest BCUT2D eigenvalue weighted by atomic mass is 10.2. The van der Waals surface area contributed by atoms with Crippen LogP contribution in [-0.2, 0) is 0 Å². The van der Waals surface area contributed by atoms with Crippen molar-refractivity contribution >= 4 is 5.69 Å². The number of rotatable bonds is 1. The molecule has 0 radical (unpaired) electrons. The van der Waals surface area contributed by atoms with Crippen molar-refractivity contribution in [1.29, 1.82) is 0 Å². The molecule has 0 atom stereocenters. The molecule has 0 fully saturated rings. The van der Waals surface area contributed by atoms with Crippen LogP contribution in [0.5, 0.6) is 0 Å². The molecule has 0 unspecified atom stereocenters. The highest BCUT2D eigenvalue weighted by molar-refractivity contribution is 5.38. The van der Waals surface area contributed by atoms with Crippen LogP contribution in [0.4, 0.5) is 5.69 Å². The first-order chi connectivity index (χ1) is 6.72. The molecule has 0 saturated heterocycles. The maximum Gasteiger partial charge on any atom is 0.272 e. The fraction of sp³-hybridized carbons (Fsp3) is 0.455. The summed E-state index contributed by atoms with van der Waals surface area (Å²) in [5.41, 5.74) is 0.884. The highest BCUT2D eigenvalue weighted by Gasteiger charge is 2.05. The van der Waals surface area contributed by atoms with Gasteiger partial charge in [0.05, 0.1) is 4.92 Å². The molecule has 0 aliphatic heterocycles. The molecule has 0 amide bonds. The second kappa shape index (κ2) is 9.71. The van der Waals surface area contributed by atoms with Crippen LogP contribution in [0.2, 0.25) is 0 Å². The number of benzene rings is 1. The second-order valence-corrected chi connectivity index (χ2v) is 2.04. The van der Waals surface area contributed by atoms with E-state index in [1.807, 2.05) is 27.7 Å². The number of hydrogen-bond donors (Lipinski definition) is 0. The van der Waals surface area contributed by atoms with Crippen LogP contribution in [-0.4, -0.2) is 4.92 Å². The summed E-state index contributed by atoms with van der Waals surface area (Å²) >= 11 is 0. The standard InChI is InChI=1S/C7H7NO2.2C2H6/c1-6-4-2-3-5-7(6)8(9)10;2*1-2/h2-5H,1H3;2*1-2H3. The third-order valence-electron chi connectivity index (χ3n) is 1.31. The van der Waals surface area contributed by atoms with Crippen LogP contribution in [0.1, 0.15) is 33.3 Å². The summed E-state index contributed by atoms with van der Waals surface area (Å²) in [5, 5.41) is 10.2. The molecule has 0 bridgehead atoms. The van der Waals surface area contributed by atoms with Crippen LogP contribution in [0.15, 0.2) is 24.3 Å². The van der Waals surface area contributed by atoms with Crippen LogP contribution < -0.4 is 0 Å². The monoisotopic (exact) mass is 197 g/mol. The van der Waals surface area contributed by atoms with E-state index in [0.717, 1.165) is 0 Å². The van der Waals surface area contributed by atoms with Crippen LogP contribution in [0, 0.1) is 17.0 Å². The Kier molecular flexibility index (Phi) is 10.5. The van der Waals surface area contributed by atoms with Gasteiger partial charge >= 0.3 is 0 Å². The minimum atomic E-state index is -0.380. The predicted octanol–water partition coefficient (Wildman–Crippen LogP) is 3.96. The fourth-order valence-corrected chi connectivity index (χ4v) is 0.768. The van der Waals surface area contributed by atoms with E-state index in [1.165, 1.54) is 6.07 Å². The van der Waals surface area contributed by atoms with E-state index in [1.54, 1.807) is 25.1 Å². The molecule has 0 heterocycles. The summed E-state index contributed by atoms with van der Waals surface area (Å²) in [5.74, 6) is 0. The van der Waals surface area contributed by atoms with Crippen molar-refractivity contribution in [3.05, 3.63) is 39.9 Å². The molecule has 1 aromatic rings. The van der Waals surface area contributed by atoms with Gasteiger partial charge in [0.25, 0.3) is 5.69 Å². The molecule has 0 aromatic heterocycles. The van der Waals surface area contributed by atoms with Gasteiger partial charge in [-0.05, 0) is 6.92 Å². The number of aryl methyl sites for hydroxylation is 1. The number of para-hydroxylation sites is 1. The molecule has 0 N–H and O–H groups in total. The third kappa shape index (κ3) is 5.30. The third-order valence-corrected chi connectivity index (χ3v) is 1.31. The first-order valence-electron chi connectivity index (χ1n) is 4.92. The van der Waals surface area contributed by atoms with Crippen molar-refractivity contribution in [2.24, 2.45) is 0 Å². The van der Waals surface area contributed by atoms with Gasteiger partial charge in [-0.25, -0.2) is 0 Å². The van der Waals surface area contributed by atoms with Crippen molar-refractivity contribution in [3.63, 3.8) is 0 Å². The normalized spacial score (nSPS) is 7.50. The van der Waals surface area contributed by atoms with E-state index in [0.29, 0.717) is 5.56 Å². The maximum atomic E-state index is 10.2. The quantitative estimate of drug-likeness (QED) is 0.505. The number of nitro benzene ring substituents is 1. The van der Waals surface area contributed by atoms with Crippen molar-refractivity contribution in [1.82, 2.24) is 0 Å². The summed E-state index contributed by atoms with van der Waals surface area (Å²) in [6.07, 6.45) is 0. The summed E-state index contributed by atoms with van der Waals surface area (Å²) in [6, 6.07) is 6.65. The molecule has 1 rings (SSSR count). The van der Waals surface area contributed by atoms with Crippen LogP contribution in [0.25, 0.3) is 0 Å². The molecular formula is C11H19NO2. The molecule has 0 aliphatic carbocycles. The van der Waals surface area contributed by atoms with E-state index in [4.69, 9.17) is 0 Å². The lowest BCUT2D eigenvalue weighted by Gasteiger charge is -1.92. The number of nitro groups is 1. The Labute approximate surface area is 85.9 Å². The van der Waals surface area contributed by atoms with Gasteiger partial charge in [-0.2, -0.15) is 0 Å². The van der Waals surface area contributed by atoms with E-state index >= 15 is 0 Å². The SMILES string of the molecule is CC.CC.Cc1ccccc1[N+](=O)[O-]. The summed E-state index contributed by atoms with van der Waals surface area (Å²) in [7, 11) is 0. The zero-order chi connectivity index (χ0) is 11.6. The van der Waals surface area contributed by atoms with Crippen molar-refractivity contribution in [3.8, 4) is 0 Å². The first kappa shape index (κ1) is 15.1. The Hall–Kier alpha value is -1.38. The number of hydrogen-bond acceptors (Lipinski definition) is 2. The Bertz CT molecular complexity index is 259. The van der Waals surface area contributed by atoms with Gasteiger partial charge in [-0.15, -0.1) is 0 Å². The predicted molar refractivity (Wildman–Crippen MR) is 60.5 cm³/mol. The maximum absolute atomic E-state index is 10.2.